The number of carbonyl (C=O) groups excluding carboxylic acids is 2. The van der Waals surface area contributed by atoms with E-state index in [0.717, 1.165) is 92.3 Å². The van der Waals surface area contributed by atoms with Crippen LogP contribution in [0.25, 0.3) is 0 Å². The molecule has 2 amide bonds. The molecule has 2 aliphatic carbocycles. The molecule has 4 heterocycles. The molecule has 2 fully saturated rings. The zero-order chi connectivity index (χ0) is 51.0. The third-order valence-corrected chi connectivity index (χ3v) is 14.8. The second-order valence-electron chi connectivity index (χ2n) is 19.8. The number of benzene rings is 3. The van der Waals surface area contributed by atoms with Crippen molar-refractivity contribution in [3.8, 4) is 11.5 Å². The molecule has 0 saturated heterocycles. The van der Waals surface area contributed by atoms with Crippen LogP contribution in [0.3, 0.4) is 0 Å². The van der Waals surface area contributed by atoms with Crippen LogP contribution < -0.4 is 15.9 Å². The molecule has 0 bridgehead atoms. The number of hydrogen-bond acceptors (Lipinski definition) is 8. The van der Waals surface area contributed by atoms with Gasteiger partial charge in [-0.2, -0.15) is 36.3 Å². The maximum Gasteiger partial charge on any atom is 0.416 e. The molecule has 2 aliphatic heterocycles. The standard InChI is InChI=1S/C30H32F3N3O3.C23H26F3N3O3.CH3.Pd/c1-20(2)35-16-17-36-24(18-29(14-6-7-15-29)22-10-12-23(13-11-22)30(31,32)33)34-27(37)26(25(36)28(35)38)39-19-21-8-4-3-5-9-21;1-14(2)28-11-12-29-17(27-20(31)19(30)18(29)21(28)32)13-22(9-3-4-10-22)15-5-7-16(8-6-15)23(24,25)26;;/h3-5,8-13,20H,6-7,14-19H2,1-2H3;5-8,14,30H,3-4,9-13H2,1-2H3;1H3;/q;;-1;. The summed E-state index contributed by atoms with van der Waals surface area (Å²) in [6, 6.07) is 19.8. The predicted molar refractivity (Wildman–Crippen MR) is 259 cm³/mol. The van der Waals surface area contributed by atoms with E-state index in [1.54, 1.807) is 31.1 Å². The summed E-state index contributed by atoms with van der Waals surface area (Å²) >= 11 is 0. The van der Waals surface area contributed by atoms with E-state index in [1.807, 2.05) is 58.0 Å². The summed E-state index contributed by atoms with van der Waals surface area (Å²) in [5, 5.41) is 10.3. The molecule has 0 radical (unpaired) electrons. The van der Waals surface area contributed by atoms with Crippen LogP contribution in [-0.4, -0.2) is 71.0 Å². The van der Waals surface area contributed by atoms with Gasteiger partial charge in [0.1, 0.15) is 18.3 Å². The zero-order valence-corrected chi connectivity index (χ0v) is 43.1. The first-order chi connectivity index (χ1) is 33.6. The van der Waals surface area contributed by atoms with E-state index >= 15 is 0 Å². The number of ether oxygens (including phenoxy) is 1. The fourth-order valence-corrected chi connectivity index (χ4v) is 11.0. The Morgan fingerprint density at radius 2 is 0.986 bits per heavy atom. The van der Waals surface area contributed by atoms with Crippen molar-refractivity contribution in [1.82, 2.24) is 28.9 Å². The van der Waals surface area contributed by atoms with Gasteiger partial charge in [-0.3, -0.25) is 19.2 Å². The Labute approximate surface area is 434 Å². The molecule has 1 N–H and O–H groups in total. The molecule has 2 aromatic heterocycles. The number of carbonyl (C=O) groups is 2. The largest absolute Gasteiger partial charge is 0.501 e. The van der Waals surface area contributed by atoms with Crippen molar-refractivity contribution in [3.63, 3.8) is 0 Å². The molecule has 0 spiro atoms. The summed E-state index contributed by atoms with van der Waals surface area (Å²) < 4.78 is 88.1. The Morgan fingerprint density at radius 3 is 1.40 bits per heavy atom. The summed E-state index contributed by atoms with van der Waals surface area (Å²) in [6.45, 7) is 9.43. The first kappa shape index (κ1) is 56.5. The van der Waals surface area contributed by atoms with Crippen LogP contribution in [0.5, 0.6) is 11.5 Å². The number of fused-ring (bicyclic) bond motifs is 2. The van der Waals surface area contributed by atoms with Crippen molar-refractivity contribution in [3.05, 3.63) is 158 Å². The molecule has 3 aromatic carbocycles. The van der Waals surface area contributed by atoms with Gasteiger partial charge in [0.2, 0.25) is 11.5 Å². The van der Waals surface area contributed by atoms with Gasteiger partial charge in [-0.15, -0.1) is 0 Å². The molecule has 0 unspecified atom stereocenters. The zero-order valence-electron chi connectivity index (χ0n) is 41.5. The van der Waals surface area contributed by atoms with Crippen LogP contribution in [0, 0.1) is 7.43 Å². The monoisotopic (exact) mass is 1110 g/mol. The van der Waals surface area contributed by atoms with Crippen molar-refractivity contribution in [2.24, 2.45) is 0 Å². The first-order valence-corrected chi connectivity index (χ1v) is 24.2. The maximum absolute atomic E-state index is 13.7. The molecule has 12 nitrogen and oxygen atoms in total. The maximum atomic E-state index is 13.7. The Kier molecular flexibility index (Phi) is 17.3. The van der Waals surface area contributed by atoms with E-state index in [-0.39, 0.29) is 69.6 Å². The fourth-order valence-electron chi connectivity index (χ4n) is 11.0. The van der Waals surface area contributed by atoms with Gasteiger partial charge in [-0.05, 0) is 94.3 Å². The van der Waals surface area contributed by atoms with Crippen molar-refractivity contribution >= 4 is 11.8 Å². The predicted octanol–water partition coefficient (Wildman–Crippen LogP) is 10.1. The molecular weight excluding hydrogens is 1050 g/mol. The Bertz CT molecular complexity index is 2870. The Balaban J connectivity index is 0.000000236. The van der Waals surface area contributed by atoms with Crippen LogP contribution in [-0.2, 0) is 76.1 Å². The minimum absolute atomic E-state index is 0. The number of amides is 2. The van der Waals surface area contributed by atoms with E-state index in [2.05, 4.69) is 9.97 Å². The minimum atomic E-state index is -4.41. The van der Waals surface area contributed by atoms with Gasteiger partial charge < -0.3 is 36.2 Å². The fraction of sp³-hybridized carbons (Fsp3) is 0.463. The molecule has 2 saturated carbocycles. The molecule has 4 aliphatic rings. The van der Waals surface area contributed by atoms with E-state index < -0.39 is 57.1 Å². The van der Waals surface area contributed by atoms with E-state index in [9.17, 15) is 50.6 Å². The number of rotatable bonds is 11. The number of hydrogen-bond donors (Lipinski definition) is 1. The van der Waals surface area contributed by atoms with E-state index in [1.165, 1.54) is 12.1 Å². The number of alkyl halides is 6. The third kappa shape index (κ3) is 11.6. The third-order valence-electron chi connectivity index (χ3n) is 14.8. The van der Waals surface area contributed by atoms with Gasteiger partial charge in [0, 0.05) is 82.4 Å². The molecule has 5 aromatic rings. The number of aromatic hydroxyl groups is 1. The van der Waals surface area contributed by atoms with E-state index in [4.69, 9.17) is 4.74 Å². The van der Waals surface area contributed by atoms with Crippen LogP contribution in [0.4, 0.5) is 26.3 Å². The SMILES string of the molecule is CC(C)N1CCn2c(CC3(c4ccc(C(F)(F)F)cc4)CCCC3)nc(=O)c(O)c2C1=O.CC(C)N1CCn2c(CC3(c4ccc(C(F)(F)F)cc4)CCCC3)nc(=O)c(OCc3ccccc3)c2C1=O.[CH3-].[Pd]. The van der Waals surface area contributed by atoms with Crippen molar-refractivity contribution in [2.75, 3.05) is 13.1 Å². The normalized spacial score (nSPS) is 17.1. The summed E-state index contributed by atoms with van der Waals surface area (Å²) in [5.74, 6) is -0.552. The van der Waals surface area contributed by atoms with E-state index in [0.29, 0.717) is 50.7 Å². The van der Waals surface area contributed by atoms with Gasteiger partial charge in [-0.25, -0.2) is 0 Å². The van der Waals surface area contributed by atoms with Gasteiger partial charge in [0.05, 0.1) is 11.1 Å². The number of aromatic nitrogens is 4. The molecule has 9 rings (SSSR count). The van der Waals surface area contributed by atoms with Crippen molar-refractivity contribution in [1.29, 1.82) is 0 Å². The van der Waals surface area contributed by atoms with Gasteiger partial charge in [0.15, 0.2) is 11.4 Å². The number of halogens is 6. The Hall–Kier alpha value is -5.80. The van der Waals surface area contributed by atoms with Crippen molar-refractivity contribution in [2.45, 2.75) is 147 Å². The molecule has 0 atom stereocenters. The number of nitrogens with zero attached hydrogens (tertiary/aromatic N) is 6. The summed E-state index contributed by atoms with van der Waals surface area (Å²) in [5.41, 5.74) is -1.22. The molecular formula is C54H61F6N6O6Pd-. The Morgan fingerprint density at radius 1 is 0.589 bits per heavy atom. The molecule has 19 heteroatoms. The van der Waals surface area contributed by atoms with Gasteiger partial charge >= 0.3 is 23.5 Å². The average Bonchev–Trinajstić information content (AvgIpc) is 4.02. The average molecular weight is 1110 g/mol. The van der Waals surface area contributed by atoms with Crippen LogP contribution in [0.1, 0.15) is 140 Å². The second kappa shape index (κ2) is 22.4. The topological polar surface area (TPSA) is 140 Å². The van der Waals surface area contributed by atoms with Gasteiger partial charge in [-0.1, -0.05) is 80.3 Å². The summed E-state index contributed by atoms with van der Waals surface area (Å²) in [7, 11) is 0. The quantitative estimate of drug-likeness (QED) is 0.0784. The molecule has 396 valence electrons. The van der Waals surface area contributed by atoms with Crippen molar-refractivity contribution < 1.29 is 66.2 Å². The second-order valence-corrected chi connectivity index (χ2v) is 19.8. The van der Waals surface area contributed by atoms with Gasteiger partial charge in [0.25, 0.3) is 11.8 Å². The molecule has 73 heavy (non-hydrogen) atoms. The smallest absolute Gasteiger partial charge is 0.416 e. The van der Waals surface area contributed by atoms with Crippen LogP contribution in [0.15, 0.2) is 88.5 Å². The summed E-state index contributed by atoms with van der Waals surface area (Å²) in [6.07, 6.45) is -1.44. The summed E-state index contributed by atoms with van der Waals surface area (Å²) in [4.78, 5) is 64.3. The van der Waals surface area contributed by atoms with Crippen LogP contribution in [0.2, 0.25) is 0 Å². The first-order valence-electron chi connectivity index (χ1n) is 24.2. The van der Waals surface area contributed by atoms with Crippen LogP contribution >= 0.6 is 0 Å². The minimum Gasteiger partial charge on any atom is -0.501 e.